The largest absolute Gasteiger partial charge is 0.388 e. The highest BCUT2D eigenvalue weighted by molar-refractivity contribution is 5.75. The van der Waals surface area contributed by atoms with Crippen molar-refractivity contribution in [2.45, 2.75) is 89.1 Å². The molecular formula is C17H31NO2. The smallest absolute Gasteiger partial charge is 0.220 e. The molecule has 2 aliphatic carbocycles. The average molecular weight is 281 g/mol. The standard InChI is InChI=1S/C17H31NO2/c19-16(11-10-15-8-4-3-5-9-15)18-14-17(20)12-6-1-2-7-13-17/h15,20H,1-14H2,(H,18,19). The van der Waals surface area contributed by atoms with E-state index in [4.69, 9.17) is 0 Å². The van der Waals surface area contributed by atoms with E-state index < -0.39 is 5.60 Å². The molecule has 2 aliphatic rings. The molecule has 116 valence electrons. The fourth-order valence-corrected chi connectivity index (χ4v) is 3.73. The molecule has 3 nitrogen and oxygen atoms in total. The maximum atomic E-state index is 11.9. The van der Waals surface area contributed by atoms with Crippen LogP contribution in [0.1, 0.15) is 83.5 Å². The Morgan fingerprint density at radius 2 is 1.60 bits per heavy atom. The number of nitrogens with one attached hydrogen (secondary N) is 1. The van der Waals surface area contributed by atoms with E-state index in [0.717, 1.165) is 38.0 Å². The van der Waals surface area contributed by atoms with E-state index in [-0.39, 0.29) is 5.91 Å². The molecule has 2 N–H and O–H groups in total. The maximum absolute atomic E-state index is 11.9. The van der Waals surface area contributed by atoms with Crippen LogP contribution >= 0.6 is 0 Å². The third-order valence-corrected chi connectivity index (χ3v) is 5.15. The molecule has 0 spiro atoms. The number of hydrogen-bond acceptors (Lipinski definition) is 2. The molecule has 0 aromatic carbocycles. The van der Waals surface area contributed by atoms with Gasteiger partial charge in [0.15, 0.2) is 0 Å². The Morgan fingerprint density at radius 3 is 2.25 bits per heavy atom. The van der Waals surface area contributed by atoms with Crippen molar-refractivity contribution >= 4 is 5.91 Å². The minimum Gasteiger partial charge on any atom is -0.388 e. The number of hydrogen-bond donors (Lipinski definition) is 2. The molecule has 0 bridgehead atoms. The maximum Gasteiger partial charge on any atom is 0.220 e. The van der Waals surface area contributed by atoms with Gasteiger partial charge in [-0.1, -0.05) is 57.8 Å². The third-order valence-electron chi connectivity index (χ3n) is 5.15. The second-order valence-corrected chi connectivity index (χ2v) is 6.96. The highest BCUT2D eigenvalue weighted by atomic mass is 16.3. The van der Waals surface area contributed by atoms with Crippen LogP contribution in [0.2, 0.25) is 0 Å². The van der Waals surface area contributed by atoms with Gasteiger partial charge in [-0.25, -0.2) is 0 Å². The molecule has 3 heteroatoms. The van der Waals surface area contributed by atoms with Crippen molar-refractivity contribution in [3.05, 3.63) is 0 Å². The second-order valence-electron chi connectivity index (χ2n) is 6.96. The second kappa shape index (κ2) is 8.02. The first-order chi connectivity index (χ1) is 9.68. The fourth-order valence-electron chi connectivity index (χ4n) is 3.73. The Bertz CT molecular complexity index is 289. The summed E-state index contributed by atoms with van der Waals surface area (Å²) in [5, 5.41) is 13.5. The molecule has 2 rings (SSSR count). The molecular weight excluding hydrogens is 250 g/mol. The average Bonchev–Trinajstić information content (AvgIpc) is 2.69. The Hall–Kier alpha value is -0.570. The van der Waals surface area contributed by atoms with Gasteiger partial charge in [-0.3, -0.25) is 4.79 Å². The minimum absolute atomic E-state index is 0.133. The molecule has 0 unspecified atom stereocenters. The minimum atomic E-state index is -0.642. The first-order valence-electron chi connectivity index (χ1n) is 8.67. The van der Waals surface area contributed by atoms with Crippen LogP contribution in [0.4, 0.5) is 0 Å². The van der Waals surface area contributed by atoms with Gasteiger partial charge in [-0.2, -0.15) is 0 Å². The molecule has 2 saturated carbocycles. The van der Waals surface area contributed by atoms with Gasteiger partial charge in [0.25, 0.3) is 0 Å². The number of carbonyl (C=O) groups excluding carboxylic acids is 1. The Labute approximate surface area is 123 Å². The monoisotopic (exact) mass is 281 g/mol. The Kier molecular flexibility index (Phi) is 6.34. The number of amides is 1. The third kappa shape index (κ3) is 5.43. The predicted molar refractivity (Wildman–Crippen MR) is 81.5 cm³/mol. The number of aliphatic hydroxyl groups is 1. The fraction of sp³-hybridized carbons (Fsp3) is 0.941. The first kappa shape index (κ1) is 15.8. The molecule has 0 radical (unpaired) electrons. The zero-order valence-electron chi connectivity index (χ0n) is 12.8. The van der Waals surface area contributed by atoms with Crippen molar-refractivity contribution in [1.82, 2.24) is 5.32 Å². The highest BCUT2D eigenvalue weighted by Gasteiger charge is 2.28. The van der Waals surface area contributed by atoms with Gasteiger partial charge in [-0.15, -0.1) is 0 Å². The van der Waals surface area contributed by atoms with E-state index in [1.807, 2.05) is 0 Å². The first-order valence-corrected chi connectivity index (χ1v) is 8.67. The summed E-state index contributed by atoms with van der Waals surface area (Å²) in [7, 11) is 0. The lowest BCUT2D eigenvalue weighted by molar-refractivity contribution is -0.122. The summed E-state index contributed by atoms with van der Waals surface area (Å²) in [5.41, 5.74) is -0.642. The van der Waals surface area contributed by atoms with E-state index in [9.17, 15) is 9.90 Å². The molecule has 0 aromatic heterocycles. The molecule has 20 heavy (non-hydrogen) atoms. The van der Waals surface area contributed by atoms with Crippen molar-refractivity contribution in [3.8, 4) is 0 Å². The van der Waals surface area contributed by atoms with Crippen LogP contribution in [0.15, 0.2) is 0 Å². The van der Waals surface area contributed by atoms with Gasteiger partial charge in [0.2, 0.25) is 5.91 Å². The lowest BCUT2D eigenvalue weighted by Gasteiger charge is -2.27. The molecule has 0 aliphatic heterocycles. The van der Waals surface area contributed by atoms with Crippen molar-refractivity contribution in [2.24, 2.45) is 5.92 Å². The van der Waals surface area contributed by atoms with Crippen molar-refractivity contribution in [1.29, 1.82) is 0 Å². The summed E-state index contributed by atoms with van der Waals surface area (Å²) < 4.78 is 0. The summed E-state index contributed by atoms with van der Waals surface area (Å²) in [6, 6.07) is 0. The number of carbonyl (C=O) groups is 1. The summed E-state index contributed by atoms with van der Waals surface area (Å²) in [5.74, 6) is 0.892. The quantitative estimate of drug-likeness (QED) is 0.757. The SMILES string of the molecule is O=C(CCC1CCCCC1)NCC1(O)CCCCCC1. The normalized spacial score (nSPS) is 24.1. The summed E-state index contributed by atoms with van der Waals surface area (Å²) in [4.78, 5) is 11.9. The van der Waals surface area contributed by atoms with Crippen LogP contribution in [0, 0.1) is 5.92 Å². The van der Waals surface area contributed by atoms with E-state index in [1.165, 1.54) is 44.9 Å². The van der Waals surface area contributed by atoms with Gasteiger partial charge >= 0.3 is 0 Å². The number of rotatable bonds is 5. The molecule has 0 atom stereocenters. The van der Waals surface area contributed by atoms with E-state index >= 15 is 0 Å². The molecule has 0 heterocycles. The lowest BCUT2D eigenvalue weighted by Crippen LogP contribution is -2.42. The van der Waals surface area contributed by atoms with Crippen molar-refractivity contribution < 1.29 is 9.90 Å². The topological polar surface area (TPSA) is 49.3 Å². The Morgan fingerprint density at radius 1 is 1.00 bits per heavy atom. The molecule has 0 saturated heterocycles. The van der Waals surface area contributed by atoms with Gasteiger partial charge in [0.05, 0.1) is 5.60 Å². The van der Waals surface area contributed by atoms with Crippen LogP contribution in [0.5, 0.6) is 0 Å². The van der Waals surface area contributed by atoms with Gasteiger partial charge < -0.3 is 10.4 Å². The Balaban J connectivity index is 1.63. The molecule has 0 aromatic rings. The summed E-state index contributed by atoms with van der Waals surface area (Å²) >= 11 is 0. The predicted octanol–water partition coefficient (Wildman–Crippen LogP) is 3.55. The van der Waals surface area contributed by atoms with Crippen molar-refractivity contribution in [3.63, 3.8) is 0 Å². The van der Waals surface area contributed by atoms with E-state index in [0.29, 0.717) is 13.0 Å². The van der Waals surface area contributed by atoms with E-state index in [1.54, 1.807) is 0 Å². The summed E-state index contributed by atoms with van der Waals surface area (Å²) in [6.07, 6.45) is 14.6. The van der Waals surface area contributed by atoms with Crippen LogP contribution in [-0.2, 0) is 4.79 Å². The zero-order chi connectivity index (χ0) is 14.3. The highest BCUT2D eigenvalue weighted by Crippen LogP contribution is 2.28. The van der Waals surface area contributed by atoms with Crippen LogP contribution in [0.3, 0.4) is 0 Å². The van der Waals surface area contributed by atoms with Gasteiger partial charge in [-0.05, 0) is 25.2 Å². The van der Waals surface area contributed by atoms with Gasteiger partial charge in [0, 0.05) is 13.0 Å². The van der Waals surface area contributed by atoms with Crippen molar-refractivity contribution in [2.75, 3.05) is 6.54 Å². The molecule has 2 fully saturated rings. The van der Waals surface area contributed by atoms with Crippen LogP contribution < -0.4 is 5.32 Å². The summed E-state index contributed by atoms with van der Waals surface area (Å²) in [6.45, 7) is 0.455. The van der Waals surface area contributed by atoms with Gasteiger partial charge in [0.1, 0.15) is 0 Å². The van der Waals surface area contributed by atoms with Crippen LogP contribution in [0.25, 0.3) is 0 Å². The zero-order valence-corrected chi connectivity index (χ0v) is 12.8. The molecule has 1 amide bonds. The lowest BCUT2D eigenvalue weighted by atomic mass is 9.86. The van der Waals surface area contributed by atoms with E-state index in [2.05, 4.69) is 5.32 Å². The van der Waals surface area contributed by atoms with Crippen LogP contribution in [-0.4, -0.2) is 23.2 Å².